The molecule has 2 rings (SSSR count). The quantitative estimate of drug-likeness (QED) is 0.576. The van der Waals surface area contributed by atoms with Gasteiger partial charge in [0.05, 0.1) is 11.8 Å². The van der Waals surface area contributed by atoms with Crippen molar-refractivity contribution in [2.24, 2.45) is 11.8 Å². The largest absolute Gasteiger partial charge is 0.480 e. The van der Waals surface area contributed by atoms with Gasteiger partial charge in [-0.25, -0.2) is 4.79 Å². The summed E-state index contributed by atoms with van der Waals surface area (Å²) in [6.45, 7) is 0.196. The Morgan fingerprint density at radius 1 is 1.37 bits per heavy atom. The summed E-state index contributed by atoms with van der Waals surface area (Å²) in [6, 6.07) is -1.12. The lowest BCUT2D eigenvalue weighted by Gasteiger charge is -2.22. The number of allylic oxidation sites excluding steroid dienone is 2. The molecule has 1 unspecified atom stereocenters. The van der Waals surface area contributed by atoms with Crippen molar-refractivity contribution in [1.29, 1.82) is 0 Å². The zero-order valence-electron chi connectivity index (χ0n) is 10.7. The predicted molar refractivity (Wildman–Crippen MR) is 65.1 cm³/mol. The fourth-order valence-electron chi connectivity index (χ4n) is 2.73. The molecule has 1 aliphatic heterocycles. The van der Waals surface area contributed by atoms with Crippen LogP contribution in [-0.4, -0.2) is 47.5 Å². The minimum atomic E-state index is -1.16. The third-order valence-corrected chi connectivity index (χ3v) is 3.73. The SMILES string of the molecule is COCCC(C(=O)O)N1C(=O)[C@H]2CC=CC[C@H]2C1=O. The number of nitrogens with zero attached hydrogens (tertiary/aromatic N) is 1. The van der Waals surface area contributed by atoms with Crippen LogP contribution in [0.3, 0.4) is 0 Å². The number of carboxylic acids is 1. The molecule has 0 spiro atoms. The molecule has 19 heavy (non-hydrogen) atoms. The van der Waals surface area contributed by atoms with Gasteiger partial charge in [-0.3, -0.25) is 14.5 Å². The van der Waals surface area contributed by atoms with E-state index in [9.17, 15) is 19.5 Å². The summed E-state index contributed by atoms with van der Waals surface area (Å²) in [7, 11) is 1.45. The highest BCUT2D eigenvalue weighted by atomic mass is 16.5. The van der Waals surface area contributed by atoms with Crippen molar-refractivity contribution in [1.82, 2.24) is 4.90 Å². The van der Waals surface area contributed by atoms with E-state index >= 15 is 0 Å². The number of fused-ring (bicyclic) bond motifs is 1. The number of methoxy groups -OCH3 is 1. The highest BCUT2D eigenvalue weighted by Gasteiger charge is 2.51. The number of ether oxygens (including phenoxy) is 1. The second-order valence-electron chi connectivity index (χ2n) is 4.84. The van der Waals surface area contributed by atoms with Gasteiger partial charge in [0, 0.05) is 20.1 Å². The molecule has 0 aromatic heterocycles. The van der Waals surface area contributed by atoms with Crippen LogP contribution in [0.2, 0.25) is 0 Å². The van der Waals surface area contributed by atoms with Crippen molar-refractivity contribution in [2.45, 2.75) is 25.3 Å². The van der Waals surface area contributed by atoms with E-state index in [-0.39, 0.29) is 36.7 Å². The van der Waals surface area contributed by atoms with E-state index < -0.39 is 12.0 Å². The van der Waals surface area contributed by atoms with Crippen LogP contribution in [0.4, 0.5) is 0 Å². The Morgan fingerprint density at radius 3 is 2.32 bits per heavy atom. The van der Waals surface area contributed by atoms with Crippen LogP contribution in [0, 0.1) is 11.8 Å². The van der Waals surface area contributed by atoms with Crippen LogP contribution in [0.15, 0.2) is 12.2 Å². The summed E-state index contributed by atoms with van der Waals surface area (Å²) in [5, 5.41) is 9.21. The number of imide groups is 1. The maximum Gasteiger partial charge on any atom is 0.327 e. The molecule has 0 bridgehead atoms. The first-order valence-corrected chi connectivity index (χ1v) is 6.31. The Balaban J connectivity index is 2.21. The summed E-state index contributed by atoms with van der Waals surface area (Å²) in [6.07, 6.45) is 4.91. The molecular formula is C13H17NO5. The molecule has 0 saturated carbocycles. The molecule has 0 aromatic rings. The second-order valence-corrected chi connectivity index (χ2v) is 4.84. The van der Waals surface area contributed by atoms with Crippen molar-refractivity contribution in [3.63, 3.8) is 0 Å². The van der Waals surface area contributed by atoms with Crippen molar-refractivity contribution < 1.29 is 24.2 Å². The Labute approximate surface area is 111 Å². The molecule has 6 heteroatoms. The lowest BCUT2D eigenvalue weighted by atomic mass is 9.85. The van der Waals surface area contributed by atoms with E-state index in [0.717, 1.165) is 4.90 Å². The number of carbonyl (C=O) groups excluding carboxylic acids is 2. The Morgan fingerprint density at radius 2 is 1.89 bits per heavy atom. The van der Waals surface area contributed by atoms with Gasteiger partial charge in [-0.2, -0.15) is 0 Å². The number of carbonyl (C=O) groups is 3. The molecule has 1 aliphatic carbocycles. The second kappa shape index (κ2) is 5.52. The summed E-state index contributed by atoms with van der Waals surface area (Å²) < 4.78 is 4.85. The fourth-order valence-corrected chi connectivity index (χ4v) is 2.73. The molecule has 1 N–H and O–H groups in total. The van der Waals surface area contributed by atoms with E-state index in [4.69, 9.17) is 4.74 Å². The van der Waals surface area contributed by atoms with E-state index in [1.54, 1.807) is 0 Å². The lowest BCUT2D eigenvalue weighted by molar-refractivity contribution is -0.155. The predicted octanol–water partition coefficient (Wildman–Crippen LogP) is 0.427. The number of rotatable bonds is 5. The molecule has 1 saturated heterocycles. The van der Waals surface area contributed by atoms with Gasteiger partial charge in [0.15, 0.2) is 0 Å². The molecule has 6 nitrogen and oxygen atoms in total. The van der Waals surface area contributed by atoms with Gasteiger partial charge in [0.2, 0.25) is 11.8 Å². The van der Waals surface area contributed by atoms with Crippen molar-refractivity contribution >= 4 is 17.8 Å². The third-order valence-electron chi connectivity index (χ3n) is 3.73. The molecule has 1 heterocycles. The number of hydrogen-bond acceptors (Lipinski definition) is 4. The Hall–Kier alpha value is -1.69. The maximum atomic E-state index is 12.2. The number of carboxylic acid groups (broad SMARTS) is 1. The average Bonchev–Trinajstić information content (AvgIpc) is 2.64. The van der Waals surface area contributed by atoms with Gasteiger partial charge in [0.1, 0.15) is 6.04 Å². The van der Waals surface area contributed by atoms with E-state index in [0.29, 0.717) is 12.8 Å². The van der Waals surface area contributed by atoms with Crippen LogP contribution in [0.5, 0.6) is 0 Å². The van der Waals surface area contributed by atoms with Crippen molar-refractivity contribution in [3.8, 4) is 0 Å². The zero-order valence-corrected chi connectivity index (χ0v) is 10.7. The van der Waals surface area contributed by atoms with Crippen LogP contribution < -0.4 is 0 Å². The van der Waals surface area contributed by atoms with Gasteiger partial charge >= 0.3 is 5.97 Å². The van der Waals surface area contributed by atoms with Crippen LogP contribution in [0.25, 0.3) is 0 Å². The number of likely N-dealkylation sites (tertiary alicyclic amines) is 1. The molecule has 104 valence electrons. The third kappa shape index (κ3) is 2.40. The fraction of sp³-hybridized carbons (Fsp3) is 0.615. The zero-order chi connectivity index (χ0) is 14.0. The first-order chi connectivity index (χ1) is 9.07. The van der Waals surface area contributed by atoms with Crippen LogP contribution >= 0.6 is 0 Å². The highest BCUT2D eigenvalue weighted by Crippen LogP contribution is 2.36. The first kappa shape index (κ1) is 13.7. The van der Waals surface area contributed by atoms with Gasteiger partial charge in [0.25, 0.3) is 0 Å². The molecule has 3 atom stereocenters. The normalized spacial score (nSPS) is 27.5. The minimum absolute atomic E-state index is 0.121. The number of amides is 2. The van der Waals surface area contributed by atoms with Gasteiger partial charge in [-0.15, -0.1) is 0 Å². The molecule has 0 radical (unpaired) electrons. The van der Waals surface area contributed by atoms with E-state index in [1.165, 1.54) is 7.11 Å². The van der Waals surface area contributed by atoms with Crippen molar-refractivity contribution in [2.75, 3.05) is 13.7 Å². The molecule has 2 amide bonds. The van der Waals surface area contributed by atoms with Crippen LogP contribution in [0.1, 0.15) is 19.3 Å². The lowest BCUT2D eigenvalue weighted by Crippen LogP contribution is -2.46. The van der Waals surface area contributed by atoms with Gasteiger partial charge in [-0.1, -0.05) is 12.2 Å². The topological polar surface area (TPSA) is 83.9 Å². The van der Waals surface area contributed by atoms with Gasteiger partial charge < -0.3 is 9.84 Å². The monoisotopic (exact) mass is 267 g/mol. The molecule has 2 aliphatic rings. The first-order valence-electron chi connectivity index (χ1n) is 6.31. The average molecular weight is 267 g/mol. The maximum absolute atomic E-state index is 12.2. The van der Waals surface area contributed by atoms with Gasteiger partial charge in [-0.05, 0) is 12.8 Å². The van der Waals surface area contributed by atoms with Crippen LogP contribution in [-0.2, 0) is 19.1 Å². The van der Waals surface area contributed by atoms with E-state index in [1.807, 2.05) is 12.2 Å². The van der Waals surface area contributed by atoms with Crippen molar-refractivity contribution in [3.05, 3.63) is 12.2 Å². The summed E-state index contributed by atoms with van der Waals surface area (Å²) in [5.41, 5.74) is 0. The summed E-state index contributed by atoms with van der Waals surface area (Å²) >= 11 is 0. The summed E-state index contributed by atoms with van der Waals surface area (Å²) in [4.78, 5) is 36.7. The number of aliphatic carboxylic acids is 1. The minimum Gasteiger partial charge on any atom is -0.480 e. The molecular weight excluding hydrogens is 250 g/mol. The standard InChI is InChI=1S/C13H17NO5/c1-19-7-6-10(13(17)18)14-11(15)8-4-2-3-5-9(8)12(14)16/h2-3,8-10H,4-7H2,1H3,(H,17,18)/t8-,9+,10?. The Kier molecular flexibility index (Phi) is 3.99. The Bertz CT molecular complexity index is 405. The van der Waals surface area contributed by atoms with E-state index in [2.05, 4.69) is 0 Å². The smallest absolute Gasteiger partial charge is 0.327 e. The molecule has 1 fully saturated rings. The summed E-state index contributed by atoms with van der Waals surface area (Å²) in [5.74, 6) is -2.65. The number of hydrogen-bond donors (Lipinski definition) is 1. The molecule has 0 aromatic carbocycles. The highest BCUT2D eigenvalue weighted by molar-refractivity contribution is 6.07.